The maximum Gasteiger partial charge on any atom is 0.0595 e. The first-order valence-corrected chi connectivity index (χ1v) is 4.60. The van der Waals surface area contributed by atoms with E-state index >= 15 is 0 Å². The van der Waals surface area contributed by atoms with Crippen LogP contribution in [0.25, 0.3) is 0 Å². The molecular weight excluding hydrogens is 138 g/mol. The lowest BCUT2D eigenvalue weighted by atomic mass is 9.90. The molecule has 2 aliphatic heterocycles. The smallest absolute Gasteiger partial charge is 0.0595 e. The summed E-state index contributed by atoms with van der Waals surface area (Å²) in [6, 6.07) is 1.33. The van der Waals surface area contributed by atoms with Crippen LogP contribution in [0.5, 0.6) is 0 Å². The molecule has 64 valence electrons. The molecule has 0 radical (unpaired) electrons. The maximum absolute atomic E-state index is 9.65. The molecule has 0 spiro atoms. The van der Waals surface area contributed by atoms with E-state index in [1.807, 2.05) is 0 Å². The Balaban J connectivity index is 2.16. The Bertz CT molecular complexity index is 160. The molecule has 2 bridgehead atoms. The molecule has 0 aromatic heterocycles. The Morgan fingerprint density at radius 1 is 1.36 bits per heavy atom. The summed E-state index contributed by atoms with van der Waals surface area (Å²) in [6.45, 7) is 2.17. The van der Waals surface area contributed by atoms with Crippen LogP contribution < -0.4 is 0 Å². The molecule has 0 aromatic rings. The van der Waals surface area contributed by atoms with E-state index in [1.54, 1.807) is 0 Å². The van der Waals surface area contributed by atoms with Crippen LogP contribution in [0.4, 0.5) is 0 Å². The van der Waals surface area contributed by atoms with E-state index in [-0.39, 0.29) is 6.10 Å². The number of aliphatic hydroxyl groups excluding tert-OH is 1. The molecular formula is C9H17NO. The minimum Gasteiger partial charge on any atom is -0.393 e. The number of piperidine rings is 1. The average Bonchev–Trinajstić information content (AvgIpc) is 2.23. The van der Waals surface area contributed by atoms with Crippen LogP contribution in [0.15, 0.2) is 0 Å². The van der Waals surface area contributed by atoms with Crippen LogP contribution in [-0.2, 0) is 0 Å². The van der Waals surface area contributed by atoms with E-state index in [0.29, 0.717) is 18.0 Å². The molecule has 4 atom stereocenters. The van der Waals surface area contributed by atoms with Crippen LogP contribution in [0, 0.1) is 5.92 Å². The molecule has 0 saturated carbocycles. The molecule has 11 heavy (non-hydrogen) atoms. The summed E-state index contributed by atoms with van der Waals surface area (Å²) in [5.41, 5.74) is 0. The zero-order chi connectivity index (χ0) is 8.01. The molecule has 0 aliphatic carbocycles. The quantitative estimate of drug-likeness (QED) is 0.560. The van der Waals surface area contributed by atoms with Crippen molar-refractivity contribution in [2.45, 2.75) is 44.4 Å². The molecule has 2 fully saturated rings. The van der Waals surface area contributed by atoms with Gasteiger partial charge in [-0.1, -0.05) is 6.92 Å². The highest BCUT2D eigenvalue weighted by atomic mass is 16.3. The first-order chi connectivity index (χ1) is 5.20. The number of fused-ring (bicyclic) bond motifs is 2. The number of nitrogens with zero attached hydrogens (tertiary/aromatic N) is 1. The van der Waals surface area contributed by atoms with Crippen molar-refractivity contribution in [1.29, 1.82) is 0 Å². The molecule has 2 heteroatoms. The summed E-state index contributed by atoms with van der Waals surface area (Å²) >= 11 is 0. The first kappa shape index (κ1) is 7.56. The van der Waals surface area contributed by atoms with Gasteiger partial charge < -0.3 is 10.0 Å². The highest BCUT2D eigenvalue weighted by Crippen LogP contribution is 2.37. The normalized spacial score (nSPS) is 51.5. The van der Waals surface area contributed by atoms with E-state index in [0.717, 1.165) is 6.42 Å². The van der Waals surface area contributed by atoms with Crippen molar-refractivity contribution >= 4 is 0 Å². The molecule has 2 saturated heterocycles. The van der Waals surface area contributed by atoms with Crippen molar-refractivity contribution in [2.75, 3.05) is 7.05 Å². The number of rotatable bonds is 0. The molecule has 2 nitrogen and oxygen atoms in total. The van der Waals surface area contributed by atoms with Gasteiger partial charge in [-0.15, -0.1) is 0 Å². The highest BCUT2D eigenvalue weighted by molar-refractivity contribution is 4.97. The van der Waals surface area contributed by atoms with Crippen molar-refractivity contribution in [3.63, 3.8) is 0 Å². The average molecular weight is 155 g/mol. The summed E-state index contributed by atoms with van der Waals surface area (Å²) in [4.78, 5) is 2.46. The topological polar surface area (TPSA) is 23.5 Å². The van der Waals surface area contributed by atoms with Gasteiger partial charge in [0.15, 0.2) is 0 Å². The van der Waals surface area contributed by atoms with Crippen molar-refractivity contribution in [1.82, 2.24) is 4.90 Å². The lowest BCUT2D eigenvalue weighted by Crippen LogP contribution is -2.47. The summed E-state index contributed by atoms with van der Waals surface area (Å²) in [5.74, 6) is 0.485. The molecule has 0 aromatic carbocycles. The van der Waals surface area contributed by atoms with E-state index in [2.05, 4.69) is 18.9 Å². The Hall–Kier alpha value is -0.0800. The third-order valence-electron chi connectivity index (χ3n) is 3.62. The second-order valence-electron chi connectivity index (χ2n) is 4.13. The summed E-state index contributed by atoms with van der Waals surface area (Å²) < 4.78 is 0. The lowest BCUT2D eigenvalue weighted by Gasteiger charge is -2.39. The Morgan fingerprint density at radius 2 is 2.09 bits per heavy atom. The standard InChI is InChI=1S/C9H17NO/c1-6-8-4-3-7(10(8)2)5-9(6)11/h6-9,11H,3-5H2,1-2H3/t6-,7-,8+,9-/m0/s1. The van der Waals surface area contributed by atoms with Crippen molar-refractivity contribution in [3.05, 3.63) is 0 Å². The summed E-state index contributed by atoms with van der Waals surface area (Å²) in [5, 5.41) is 9.65. The largest absolute Gasteiger partial charge is 0.393 e. The predicted molar refractivity (Wildman–Crippen MR) is 44.4 cm³/mol. The Morgan fingerprint density at radius 3 is 2.82 bits per heavy atom. The lowest BCUT2D eigenvalue weighted by molar-refractivity contribution is 0.00159. The zero-order valence-corrected chi connectivity index (χ0v) is 7.33. The Labute approximate surface area is 68.2 Å². The van der Waals surface area contributed by atoms with Crippen LogP contribution >= 0.6 is 0 Å². The molecule has 2 aliphatic rings. The van der Waals surface area contributed by atoms with Gasteiger partial charge >= 0.3 is 0 Å². The predicted octanol–water partition coefficient (Wildman–Crippen LogP) is 0.850. The molecule has 2 rings (SSSR count). The SMILES string of the molecule is C[C@H]1[C@H]2CC[C@@H](C[C@@H]1O)N2C. The van der Waals surface area contributed by atoms with Crippen molar-refractivity contribution in [3.8, 4) is 0 Å². The fourth-order valence-electron chi connectivity index (χ4n) is 2.71. The molecule has 0 amide bonds. The third-order valence-corrected chi connectivity index (χ3v) is 3.62. The molecule has 2 heterocycles. The number of aliphatic hydroxyl groups is 1. The highest BCUT2D eigenvalue weighted by Gasteiger charge is 2.42. The van der Waals surface area contributed by atoms with Gasteiger partial charge in [-0.3, -0.25) is 0 Å². The first-order valence-electron chi connectivity index (χ1n) is 4.60. The molecule has 1 N–H and O–H groups in total. The van der Waals surface area contributed by atoms with Crippen LogP contribution in [0.1, 0.15) is 26.2 Å². The zero-order valence-electron chi connectivity index (χ0n) is 7.33. The Kier molecular flexibility index (Phi) is 1.69. The van der Waals surface area contributed by atoms with Gasteiger partial charge in [0, 0.05) is 12.1 Å². The summed E-state index contributed by atoms with van der Waals surface area (Å²) in [6.07, 6.45) is 3.54. The third kappa shape index (κ3) is 1.00. The fraction of sp³-hybridized carbons (Fsp3) is 1.00. The van der Waals surface area contributed by atoms with E-state index < -0.39 is 0 Å². The van der Waals surface area contributed by atoms with Crippen LogP contribution in [0.2, 0.25) is 0 Å². The van der Waals surface area contributed by atoms with E-state index in [4.69, 9.17) is 0 Å². The van der Waals surface area contributed by atoms with Gasteiger partial charge in [0.2, 0.25) is 0 Å². The van der Waals surface area contributed by atoms with Gasteiger partial charge in [0.25, 0.3) is 0 Å². The molecule has 0 unspecified atom stereocenters. The van der Waals surface area contributed by atoms with E-state index in [9.17, 15) is 5.11 Å². The van der Waals surface area contributed by atoms with E-state index in [1.165, 1.54) is 12.8 Å². The second kappa shape index (κ2) is 2.46. The van der Waals surface area contributed by atoms with Gasteiger partial charge in [0.05, 0.1) is 6.10 Å². The van der Waals surface area contributed by atoms with Gasteiger partial charge in [-0.25, -0.2) is 0 Å². The van der Waals surface area contributed by atoms with Crippen molar-refractivity contribution in [2.24, 2.45) is 5.92 Å². The van der Waals surface area contributed by atoms with Crippen molar-refractivity contribution < 1.29 is 5.11 Å². The fourth-order valence-corrected chi connectivity index (χ4v) is 2.71. The summed E-state index contributed by atoms with van der Waals surface area (Å²) in [7, 11) is 2.20. The number of hydrogen-bond donors (Lipinski definition) is 1. The maximum atomic E-state index is 9.65. The van der Waals surface area contributed by atoms with Gasteiger partial charge in [0.1, 0.15) is 0 Å². The van der Waals surface area contributed by atoms with Crippen LogP contribution in [-0.4, -0.2) is 35.2 Å². The minimum absolute atomic E-state index is 0.0382. The minimum atomic E-state index is -0.0382. The van der Waals surface area contributed by atoms with Crippen LogP contribution in [0.3, 0.4) is 0 Å². The second-order valence-corrected chi connectivity index (χ2v) is 4.13. The monoisotopic (exact) mass is 155 g/mol. The van der Waals surface area contributed by atoms with Gasteiger partial charge in [-0.2, -0.15) is 0 Å². The number of hydrogen-bond acceptors (Lipinski definition) is 2. The van der Waals surface area contributed by atoms with Gasteiger partial charge in [-0.05, 0) is 32.2 Å².